The summed E-state index contributed by atoms with van der Waals surface area (Å²) in [5, 5.41) is 0. The van der Waals surface area contributed by atoms with Gasteiger partial charge in [-0.3, -0.25) is 0 Å². The van der Waals surface area contributed by atoms with Crippen molar-refractivity contribution < 1.29 is 5.48 Å². The summed E-state index contributed by atoms with van der Waals surface area (Å²) in [5.41, 5.74) is 7.62. The molecule has 3 heteroatoms. The zero-order chi connectivity index (χ0) is 37.3. The molecular formula is C47H39N3. The molecule has 50 heavy (non-hydrogen) atoms. The third-order valence-corrected chi connectivity index (χ3v) is 10.1. The van der Waals surface area contributed by atoms with E-state index in [1.807, 2.05) is 123 Å². The molecule has 0 unspecified atom stereocenters. The Hall–Kier alpha value is -5.67. The van der Waals surface area contributed by atoms with Gasteiger partial charge in [0.1, 0.15) is 0 Å². The molecule has 0 N–H and O–H groups in total. The van der Waals surface area contributed by atoms with Crippen LogP contribution in [0.4, 0.5) is 0 Å². The molecule has 0 saturated heterocycles. The summed E-state index contributed by atoms with van der Waals surface area (Å²) in [5.74, 6) is 1.69. The van der Waals surface area contributed by atoms with Gasteiger partial charge in [-0.1, -0.05) is 153 Å². The van der Waals surface area contributed by atoms with Crippen molar-refractivity contribution in [3.63, 3.8) is 0 Å². The molecule has 2 aliphatic rings. The normalized spacial score (nSPS) is 18.6. The molecule has 1 heterocycles. The van der Waals surface area contributed by atoms with Gasteiger partial charge in [0, 0.05) is 27.6 Å². The van der Waals surface area contributed by atoms with Crippen molar-refractivity contribution >= 4 is 0 Å². The maximum absolute atomic E-state index is 9.68. The Balaban J connectivity index is 1.27. The number of nitrogens with zero attached hydrogens (tertiary/aromatic N) is 3. The van der Waals surface area contributed by atoms with Crippen molar-refractivity contribution in [2.75, 3.05) is 0 Å². The van der Waals surface area contributed by atoms with E-state index in [1.165, 1.54) is 0 Å². The van der Waals surface area contributed by atoms with Crippen molar-refractivity contribution in [2.24, 2.45) is 5.41 Å². The summed E-state index contributed by atoms with van der Waals surface area (Å²) in [6.45, 7) is 3.97. The highest BCUT2D eigenvalue weighted by atomic mass is 15.0. The number of benzene rings is 6. The first-order valence-corrected chi connectivity index (χ1v) is 17.3. The second-order valence-electron chi connectivity index (χ2n) is 14.1. The van der Waals surface area contributed by atoms with Gasteiger partial charge in [-0.15, -0.1) is 0 Å². The maximum Gasteiger partial charge on any atom is 0.164 e. The van der Waals surface area contributed by atoms with E-state index in [4.69, 9.17) is 15.0 Å². The molecule has 1 aromatic heterocycles. The molecule has 3 nitrogen and oxygen atoms in total. The van der Waals surface area contributed by atoms with E-state index in [2.05, 4.69) is 42.5 Å². The lowest BCUT2D eigenvalue weighted by atomic mass is 9.61. The Morgan fingerprint density at radius 2 is 0.900 bits per heavy atom. The first kappa shape index (κ1) is 26.2. The molecule has 1 fully saturated rings. The highest BCUT2D eigenvalue weighted by Crippen LogP contribution is 2.58. The quantitative estimate of drug-likeness (QED) is 0.186. The largest absolute Gasteiger partial charge is 0.208 e. The Labute approximate surface area is 300 Å². The van der Waals surface area contributed by atoms with Gasteiger partial charge in [-0.2, -0.15) is 0 Å². The third-order valence-electron chi connectivity index (χ3n) is 10.1. The molecule has 9 rings (SSSR count). The predicted octanol–water partition coefficient (Wildman–Crippen LogP) is 12.1. The van der Waals surface area contributed by atoms with Crippen LogP contribution in [0.5, 0.6) is 0 Å². The third kappa shape index (κ3) is 5.25. The average Bonchev–Trinajstić information content (AvgIpc) is 3.49. The van der Waals surface area contributed by atoms with Gasteiger partial charge in [0.05, 0.1) is 0 Å². The van der Waals surface area contributed by atoms with E-state index in [1.54, 1.807) is 0 Å². The molecule has 1 spiro atoms. The number of hydrogen-bond donors (Lipinski definition) is 0. The fourth-order valence-electron chi connectivity index (χ4n) is 7.42. The topological polar surface area (TPSA) is 38.7 Å². The van der Waals surface area contributed by atoms with Crippen LogP contribution in [0.3, 0.4) is 0 Å². The number of rotatable bonds is 5. The molecule has 2 aliphatic carbocycles. The van der Waals surface area contributed by atoms with Gasteiger partial charge in [0.25, 0.3) is 0 Å². The first-order valence-electron chi connectivity index (χ1n) is 19.3. The highest BCUT2D eigenvalue weighted by molar-refractivity contribution is 5.88. The Bertz CT molecular complexity index is 2460. The summed E-state index contributed by atoms with van der Waals surface area (Å²) in [6.07, 6.45) is -3.21. The van der Waals surface area contributed by atoms with Gasteiger partial charge >= 0.3 is 0 Å². The lowest BCUT2D eigenvalue weighted by molar-refractivity contribution is 0.188. The van der Waals surface area contributed by atoms with Crippen LogP contribution in [0.15, 0.2) is 152 Å². The lowest BCUT2D eigenvalue weighted by Gasteiger charge is -2.43. The van der Waals surface area contributed by atoms with Crippen LogP contribution < -0.4 is 0 Å². The second-order valence-corrected chi connectivity index (χ2v) is 14.1. The van der Waals surface area contributed by atoms with Crippen LogP contribution >= 0.6 is 0 Å². The van der Waals surface area contributed by atoms with Gasteiger partial charge in [-0.25, -0.2) is 15.0 Å². The van der Waals surface area contributed by atoms with Crippen LogP contribution in [-0.4, -0.2) is 15.0 Å². The molecule has 0 bridgehead atoms. The SMILES string of the molecule is [2H]C1([2H])CC(C)(C)CC([2H])([2H])C12c1ccccc1-c1ccc(-c3ccc(-c4ccccc4)c(-c4nc(-c5ccccc5)nc(-c5ccccc5)n4)c3)cc12. The van der Waals surface area contributed by atoms with Gasteiger partial charge < -0.3 is 0 Å². The van der Waals surface area contributed by atoms with E-state index < -0.39 is 23.6 Å². The zero-order valence-corrected chi connectivity index (χ0v) is 28.2. The standard InChI is InChI=1S/C47H39N3/c1-46(2)26-28-47(29-27-46)41-21-13-12-20-38(41)39-25-23-36(31-42(39)47)35-22-24-37(32-14-6-3-7-15-32)40(30-35)45-49-43(33-16-8-4-9-17-33)48-44(50-45)34-18-10-5-11-19-34/h3-25,30-31H,26-29H2,1-2H3/i28D2,29D2. The molecule has 6 aromatic carbocycles. The fraction of sp³-hybridized carbons (Fsp3) is 0.170. The minimum absolute atomic E-state index is 0.250. The average molecular weight is 650 g/mol. The maximum atomic E-state index is 9.68. The number of hydrogen-bond acceptors (Lipinski definition) is 3. The van der Waals surface area contributed by atoms with Gasteiger partial charge in [-0.05, 0) is 87.6 Å². The molecule has 242 valence electrons. The van der Waals surface area contributed by atoms with Crippen molar-refractivity contribution in [3.8, 4) is 67.5 Å². The molecule has 0 radical (unpaired) electrons. The van der Waals surface area contributed by atoms with Crippen molar-refractivity contribution in [3.05, 3.63) is 163 Å². The molecule has 0 amide bonds. The monoisotopic (exact) mass is 649 g/mol. The Kier molecular flexibility index (Phi) is 6.31. The zero-order valence-electron chi connectivity index (χ0n) is 32.2. The van der Waals surface area contributed by atoms with E-state index in [-0.39, 0.29) is 12.8 Å². The number of fused-ring (bicyclic) bond motifs is 5. The van der Waals surface area contributed by atoms with Crippen molar-refractivity contribution in [1.29, 1.82) is 0 Å². The summed E-state index contributed by atoms with van der Waals surface area (Å²) < 4.78 is 38.7. The Morgan fingerprint density at radius 1 is 0.420 bits per heavy atom. The van der Waals surface area contributed by atoms with E-state index >= 15 is 0 Å². The highest BCUT2D eigenvalue weighted by Gasteiger charge is 2.46. The first-order chi connectivity index (χ1) is 26.0. The Morgan fingerprint density at radius 3 is 1.52 bits per heavy atom. The van der Waals surface area contributed by atoms with Crippen molar-refractivity contribution in [2.45, 2.75) is 44.8 Å². The van der Waals surface area contributed by atoms with E-state index in [0.717, 1.165) is 55.6 Å². The minimum Gasteiger partial charge on any atom is -0.208 e. The molecule has 7 aromatic rings. The summed E-state index contributed by atoms with van der Waals surface area (Å²) in [7, 11) is 0. The van der Waals surface area contributed by atoms with Crippen LogP contribution in [0, 0.1) is 5.41 Å². The van der Waals surface area contributed by atoms with E-state index in [0.29, 0.717) is 23.0 Å². The summed E-state index contributed by atoms with van der Waals surface area (Å²) in [6, 6.07) is 50.4. The van der Waals surface area contributed by atoms with Gasteiger partial charge in [0.15, 0.2) is 17.5 Å². The minimum atomic E-state index is -1.85. The summed E-state index contributed by atoms with van der Waals surface area (Å²) >= 11 is 0. The van der Waals surface area contributed by atoms with Crippen LogP contribution in [0.25, 0.3) is 67.5 Å². The molecule has 1 saturated carbocycles. The molecule has 0 aliphatic heterocycles. The molecular weight excluding hydrogens is 607 g/mol. The second kappa shape index (κ2) is 12.0. The summed E-state index contributed by atoms with van der Waals surface area (Å²) in [4.78, 5) is 15.1. The fourth-order valence-corrected chi connectivity index (χ4v) is 7.42. The smallest absolute Gasteiger partial charge is 0.164 e. The number of aromatic nitrogens is 3. The predicted molar refractivity (Wildman–Crippen MR) is 205 cm³/mol. The van der Waals surface area contributed by atoms with E-state index in [9.17, 15) is 5.48 Å². The van der Waals surface area contributed by atoms with Crippen molar-refractivity contribution in [1.82, 2.24) is 15.0 Å². The van der Waals surface area contributed by atoms with Gasteiger partial charge in [0.2, 0.25) is 0 Å². The lowest BCUT2D eigenvalue weighted by Crippen LogP contribution is -2.34. The molecule has 0 atom stereocenters. The van der Waals surface area contributed by atoms with Crippen LogP contribution in [0.2, 0.25) is 0 Å². The van der Waals surface area contributed by atoms with Crippen LogP contribution in [-0.2, 0) is 5.41 Å². The van der Waals surface area contributed by atoms with Crippen LogP contribution in [0.1, 0.15) is 56.0 Å².